The number of nitrogens with zero attached hydrogens (tertiary/aromatic N) is 2. The van der Waals surface area contributed by atoms with E-state index >= 15 is 0 Å². The molecule has 4 heteroatoms. The summed E-state index contributed by atoms with van der Waals surface area (Å²) in [7, 11) is 0. The van der Waals surface area contributed by atoms with Crippen LogP contribution in [0.25, 0.3) is 0 Å². The second kappa shape index (κ2) is 5.54. The number of nitrogens with one attached hydrogen (secondary N) is 2. The summed E-state index contributed by atoms with van der Waals surface area (Å²) in [6, 6.07) is 1.62. The predicted octanol–water partition coefficient (Wildman–Crippen LogP) is 2.41. The monoisotopic (exact) mass is 236 g/mol. The molecule has 1 fully saturated rings. The van der Waals surface area contributed by atoms with Gasteiger partial charge >= 0.3 is 0 Å². The number of rotatable bonds is 5. The van der Waals surface area contributed by atoms with Crippen molar-refractivity contribution in [1.29, 1.82) is 0 Å². The Morgan fingerprint density at radius 3 is 2.94 bits per heavy atom. The molecule has 4 nitrogen and oxygen atoms in total. The van der Waals surface area contributed by atoms with E-state index < -0.39 is 0 Å². The molecule has 0 spiro atoms. The zero-order chi connectivity index (χ0) is 12.3. The van der Waals surface area contributed by atoms with E-state index in [0.717, 1.165) is 5.69 Å². The maximum Gasteiger partial charge on any atom is 0.0728 e. The molecule has 1 aliphatic heterocycles. The van der Waals surface area contributed by atoms with E-state index in [2.05, 4.69) is 42.7 Å². The minimum absolute atomic E-state index is 0.428. The molecule has 2 atom stereocenters. The molecule has 1 saturated heterocycles. The lowest BCUT2D eigenvalue weighted by molar-refractivity contribution is 0.522. The average molecular weight is 236 g/mol. The van der Waals surface area contributed by atoms with Crippen molar-refractivity contribution in [2.24, 2.45) is 0 Å². The highest BCUT2D eigenvalue weighted by Crippen LogP contribution is 2.15. The van der Waals surface area contributed by atoms with Crippen molar-refractivity contribution in [3.8, 4) is 0 Å². The topological polar surface area (TPSA) is 41.9 Å². The minimum Gasteiger partial charge on any atom is -0.380 e. The van der Waals surface area contributed by atoms with Crippen molar-refractivity contribution in [3.05, 3.63) is 12.4 Å². The highest BCUT2D eigenvalue weighted by molar-refractivity contribution is 5.39. The molecule has 2 rings (SSSR count). The van der Waals surface area contributed by atoms with E-state index in [4.69, 9.17) is 0 Å². The molecule has 0 aromatic carbocycles. The van der Waals surface area contributed by atoms with Crippen LogP contribution in [0.15, 0.2) is 12.4 Å². The summed E-state index contributed by atoms with van der Waals surface area (Å²) in [6.07, 6.45) is 7.83. The lowest BCUT2D eigenvalue weighted by Crippen LogP contribution is -2.29. The predicted molar refractivity (Wildman–Crippen MR) is 71.3 cm³/mol. The van der Waals surface area contributed by atoms with Gasteiger partial charge in [-0.2, -0.15) is 5.10 Å². The lowest BCUT2D eigenvalue weighted by atomic mass is 10.1. The quantitative estimate of drug-likeness (QED) is 0.825. The van der Waals surface area contributed by atoms with E-state index in [1.807, 2.05) is 10.9 Å². The summed E-state index contributed by atoms with van der Waals surface area (Å²) < 4.78 is 1.99. The van der Waals surface area contributed by atoms with Crippen molar-refractivity contribution in [1.82, 2.24) is 15.1 Å². The molecule has 1 aromatic rings. The molecule has 0 bridgehead atoms. The van der Waals surface area contributed by atoms with E-state index in [1.54, 1.807) is 0 Å². The highest BCUT2D eigenvalue weighted by Gasteiger charge is 2.17. The average Bonchev–Trinajstić information content (AvgIpc) is 2.88. The van der Waals surface area contributed by atoms with E-state index in [0.29, 0.717) is 18.1 Å². The minimum atomic E-state index is 0.428. The third kappa shape index (κ3) is 3.46. The summed E-state index contributed by atoms with van der Waals surface area (Å²) in [5, 5.41) is 11.4. The van der Waals surface area contributed by atoms with E-state index in [-0.39, 0.29) is 0 Å². The molecule has 0 radical (unpaired) electrons. The Morgan fingerprint density at radius 2 is 2.35 bits per heavy atom. The fourth-order valence-electron chi connectivity index (χ4n) is 2.42. The van der Waals surface area contributed by atoms with Crippen LogP contribution in [-0.4, -0.2) is 28.4 Å². The highest BCUT2D eigenvalue weighted by atomic mass is 15.3. The van der Waals surface area contributed by atoms with Gasteiger partial charge in [-0.25, -0.2) is 0 Å². The standard InChI is InChI=1S/C13H24N4/c1-10(2)17-9-13(8-15-17)16-11(3)7-12-5-4-6-14-12/h8-12,14,16H,4-7H2,1-3H3. The summed E-state index contributed by atoms with van der Waals surface area (Å²) >= 11 is 0. The molecule has 96 valence electrons. The van der Waals surface area contributed by atoms with Crippen molar-refractivity contribution in [3.63, 3.8) is 0 Å². The van der Waals surface area contributed by atoms with Crippen LogP contribution >= 0.6 is 0 Å². The van der Waals surface area contributed by atoms with Crippen LogP contribution in [0.1, 0.15) is 46.1 Å². The van der Waals surface area contributed by atoms with Crippen LogP contribution in [0.2, 0.25) is 0 Å². The second-order valence-corrected chi connectivity index (χ2v) is 5.38. The molecular weight excluding hydrogens is 212 g/mol. The SMILES string of the molecule is CC(CC1CCCN1)Nc1cnn(C(C)C)c1. The third-order valence-corrected chi connectivity index (χ3v) is 3.34. The van der Waals surface area contributed by atoms with Crippen molar-refractivity contribution in [2.45, 2.75) is 58.2 Å². The molecule has 0 aliphatic carbocycles. The van der Waals surface area contributed by atoms with Crippen molar-refractivity contribution < 1.29 is 0 Å². The van der Waals surface area contributed by atoms with Crippen molar-refractivity contribution in [2.75, 3.05) is 11.9 Å². The molecule has 2 N–H and O–H groups in total. The fourth-order valence-corrected chi connectivity index (χ4v) is 2.42. The Labute approximate surface area is 104 Å². The number of hydrogen-bond donors (Lipinski definition) is 2. The molecule has 2 heterocycles. The van der Waals surface area contributed by atoms with Crippen molar-refractivity contribution >= 4 is 5.69 Å². The molecule has 1 aromatic heterocycles. The molecule has 2 unspecified atom stereocenters. The smallest absolute Gasteiger partial charge is 0.0728 e. The van der Waals surface area contributed by atoms with Gasteiger partial charge in [0.05, 0.1) is 11.9 Å². The maximum absolute atomic E-state index is 4.34. The first-order valence-corrected chi connectivity index (χ1v) is 6.69. The number of hydrogen-bond acceptors (Lipinski definition) is 3. The Hall–Kier alpha value is -1.03. The normalized spacial score (nSPS) is 22.0. The molecule has 0 amide bonds. The van der Waals surface area contributed by atoms with Gasteiger partial charge in [-0.3, -0.25) is 4.68 Å². The van der Waals surface area contributed by atoms with Gasteiger partial charge in [0.1, 0.15) is 0 Å². The van der Waals surface area contributed by atoms with Gasteiger partial charge in [-0.15, -0.1) is 0 Å². The Bertz CT molecular complexity index is 339. The van der Waals surface area contributed by atoms with Gasteiger partial charge in [0, 0.05) is 24.3 Å². The maximum atomic E-state index is 4.34. The van der Waals surface area contributed by atoms with Crippen LogP contribution in [0.3, 0.4) is 0 Å². The van der Waals surface area contributed by atoms with Gasteiger partial charge in [-0.05, 0) is 46.6 Å². The van der Waals surface area contributed by atoms with Gasteiger partial charge in [0.2, 0.25) is 0 Å². The van der Waals surface area contributed by atoms with Crippen LogP contribution in [-0.2, 0) is 0 Å². The third-order valence-electron chi connectivity index (χ3n) is 3.34. The lowest BCUT2D eigenvalue weighted by Gasteiger charge is -2.18. The van der Waals surface area contributed by atoms with E-state index in [9.17, 15) is 0 Å². The van der Waals surface area contributed by atoms with Gasteiger partial charge in [0.15, 0.2) is 0 Å². The first-order chi connectivity index (χ1) is 8.15. The Morgan fingerprint density at radius 1 is 1.53 bits per heavy atom. The largest absolute Gasteiger partial charge is 0.380 e. The Kier molecular flexibility index (Phi) is 4.05. The zero-order valence-electron chi connectivity index (χ0n) is 11.1. The first kappa shape index (κ1) is 12.4. The van der Waals surface area contributed by atoms with Crippen LogP contribution in [0.4, 0.5) is 5.69 Å². The molecular formula is C13H24N4. The molecule has 17 heavy (non-hydrogen) atoms. The molecule has 1 aliphatic rings. The number of anilines is 1. The van der Waals surface area contributed by atoms with Gasteiger partial charge in [-0.1, -0.05) is 0 Å². The fraction of sp³-hybridized carbons (Fsp3) is 0.769. The van der Waals surface area contributed by atoms with Crippen LogP contribution < -0.4 is 10.6 Å². The number of aromatic nitrogens is 2. The van der Waals surface area contributed by atoms with Crippen LogP contribution in [0, 0.1) is 0 Å². The first-order valence-electron chi connectivity index (χ1n) is 6.69. The van der Waals surface area contributed by atoms with E-state index in [1.165, 1.54) is 25.8 Å². The van der Waals surface area contributed by atoms with Gasteiger partial charge in [0.25, 0.3) is 0 Å². The molecule has 0 saturated carbocycles. The summed E-state index contributed by atoms with van der Waals surface area (Å²) in [4.78, 5) is 0. The second-order valence-electron chi connectivity index (χ2n) is 5.38. The summed E-state index contributed by atoms with van der Waals surface area (Å²) in [5.41, 5.74) is 1.13. The Balaban J connectivity index is 1.82. The van der Waals surface area contributed by atoms with Crippen LogP contribution in [0.5, 0.6) is 0 Å². The van der Waals surface area contributed by atoms with Gasteiger partial charge < -0.3 is 10.6 Å². The summed E-state index contributed by atoms with van der Waals surface area (Å²) in [6.45, 7) is 7.71. The summed E-state index contributed by atoms with van der Waals surface area (Å²) in [5.74, 6) is 0. The zero-order valence-corrected chi connectivity index (χ0v) is 11.1.